The second kappa shape index (κ2) is 4.89. The van der Waals surface area contributed by atoms with E-state index in [1.165, 1.54) is 15.0 Å². The van der Waals surface area contributed by atoms with E-state index >= 15 is 0 Å². The zero-order valence-electron chi connectivity index (χ0n) is 9.85. The highest BCUT2D eigenvalue weighted by atomic mass is 127. The molecule has 1 N–H and O–H groups in total. The molecule has 0 saturated heterocycles. The van der Waals surface area contributed by atoms with Crippen molar-refractivity contribution in [3.05, 3.63) is 50.8 Å². The molecule has 0 aliphatic carbocycles. The number of benzene rings is 1. The number of aromatic nitrogens is 2. The SMILES string of the molecule is Cc1nc2sccn2c1CNc1ccccc1I. The third-order valence-electron chi connectivity index (χ3n) is 2.88. The smallest absolute Gasteiger partial charge is 0.194 e. The van der Waals surface area contributed by atoms with Crippen LogP contribution in [0.2, 0.25) is 0 Å². The summed E-state index contributed by atoms with van der Waals surface area (Å²) in [5.41, 5.74) is 3.49. The summed E-state index contributed by atoms with van der Waals surface area (Å²) in [6.45, 7) is 2.86. The summed E-state index contributed by atoms with van der Waals surface area (Å²) < 4.78 is 3.39. The number of nitrogens with zero attached hydrogens (tertiary/aromatic N) is 2. The van der Waals surface area contributed by atoms with Crippen molar-refractivity contribution in [3.63, 3.8) is 0 Å². The molecule has 0 spiro atoms. The highest BCUT2D eigenvalue weighted by molar-refractivity contribution is 14.1. The fourth-order valence-corrected chi connectivity index (χ4v) is 3.29. The molecule has 0 bridgehead atoms. The van der Waals surface area contributed by atoms with E-state index in [0.717, 1.165) is 17.2 Å². The molecule has 2 heterocycles. The van der Waals surface area contributed by atoms with Crippen LogP contribution in [-0.4, -0.2) is 9.38 Å². The molecule has 0 saturated carbocycles. The lowest BCUT2D eigenvalue weighted by atomic mass is 10.3. The molecular formula is C13H12IN3S. The maximum absolute atomic E-state index is 4.55. The Hall–Kier alpha value is -1.08. The van der Waals surface area contributed by atoms with Gasteiger partial charge < -0.3 is 5.32 Å². The minimum Gasteiger partial charge on any atom is -0.379 e. The molecule has 2 aromatic heterocycles. The molecule has 0 aliphatic heterocycles. The first-order valence-corrected chi connectivity index (χ1v) is 7.61. The molecule has 3 nitrogen and oxygen atoms in total. The van der Waals surface area contributed by atoms with E-state index in [-0.39, 0.29) is 0 Å². The number of hydrogen-bond donors (Lipinski definition) is 1. The van der Waals surface area contributed by atoms with Crippen LogP contribution in [0.3, 0.4) is 0 Å². The van der Waals surface area contributed by atoms with E-state index in [1.54, 1.807) is 11.3 Å². The molecule has 0 amide bonds. The molecule has 18 heavy (non-hydrogen) atoms. The summed E-state index contributed by atoms with van der Waals surface area (Å²) in [6.07, 6.45) is 2.08. The quantitative estimate of drug-likeness (QED) is 0.710. The summed E-state index contributed by atoms with van der Waals surface area (Å²) in [7, 11) is 0. The van der Waals surface area contributed by atoms with Gasteiger partial charge in [-0.15, -0.1) is 11.3 Å². The minimum atomic E-state index is 0.795. The average molecular weight is 369 g/mol. The molecular weight excluding hydrogens is 357 g/mol. The Bertz CT molecular complexity index is 686. The topological polar surface area (TPSA) is 29.3 Å². The van der Waals surface area contributed by atoms with E-state index in [1.807, 2.05) is 12.1 Å². The summed E-state index contributed by atoms with van der Waals surface area (Å²) in [6, 6.07) is 8.30. The molecule has 1 aromatic carbocycles. The number of halogens is 1. The van der Waals surface area contributed by atoms with Crippen molar-refractivity contribution in [2.24, 2.45) is 0 Å². The normalized spacial score (nSPS) is 11.0. The van der Waals surface area contributed by atoms with Crippen LogP contribution in [0.1, 0.15) is 11.4 Å². The van der Waals surface area contributed by atoms with Crippen LogP contribution in [0.4, 0.5) is 5.69 Å². The highest BCUT2D eigenvalue weighted by Gasteiger charge is 2.09. The zero-order chi connectivity index (χ0) is 12.5. The van der Waals surface area contributed by atoms with Crippen molar-refractivity contribution < 1.29 is 0 Å². The maximum Gasteiger partial charge on any atom is 0.194 e. The Labute approximate surface area is 123 Å². The number of hydrogen-bond acceptors (Lipinski definition) is 3. The fourth-order valence-electron chi connectivity index (χ4n) is 1.94. The van der Waals surface area contributed by atoms with E-state index in [4.69, 9.17) is 0 Å². The monoisotopic (exact) mass is 369 g/mol. The lowest BCUT2D eigenvalue weighted by molar-refractivity contribution is 0.993. The average Bonchev–Trinajstić information content (AvgIpc) is 2.90. The number of imidazole rings is 1. The van der Waals surface area contributed by atoms with E-state index < -0.39 is 0 Å². The number of anilines is 1. The fraction of sp³-hybridized carbons (Fsp3) is 0.154. The Morgan fingerprint density at radius 2 is 2.22 bits per heavy atom. The molecule has 3 aromatic rings. The third-order valence-corrected chi connectivity index (χ3v) is 4.58. The third kappa shape index (κ3) is 2.12. The zero-order valence-corrected chi connectivity index (χ0v) is 12.8. The largest absolute Gasteiger partial charge is 0.379 e. The molecule has 0 fully saturated rings. The summed E-state index contributed by atoms with van der Waals surface area (Å²) in [5, 5.41) is 5.54. The molecule has 5 heteroatoms. The second-order valence-electron chi connectivity index (χ2n) is 4.03. The Morgan fingerprint density at radius 3 is 3.06 bits per heavy atom. The van der Waals surface area contributed by atoms with Crippen LogP contribution in [0.5, 0.6) is 0 Å². The van der Waals surface area contributed by atoms with Gasteiger partial charge in [0.05, 0.1) is 17.9 Å². The van der Waals surface area contributed by atoms with Gasteiger partial charge in [0.2, 0.25) is 0 Å². The van der Waals surface area contributed by atoms with Gasteiger partial charge in [0.25, 0.3) is 0 Å². The first-order chi connectivity index (χ1) is 8.75. The van der Waals surface area contributed by atoms with Crippen molar-refractivity contribution in [1.29, 1.82) is 0 Å². The molecule has 0 unspecified atom stereocenters. The van der Waals surface area contributed by atoms with E-state index in [9.17, 15) is 0 Å². The lowest BCUT2D eigenvalue weighted by Crippen LogP contribution is -2.04. The number of para-hydroxylation sites is 1. The van der Waals surface area contributed by atoms with Gasteiger partial charge in [-0.1, -0.05) is 12.1 Å². The van der Waals surface area contributed by atoms with Crippen LogP contribution >= 0.6 is 33.9 Å². The minimum absolute atomic E-state index is 0.795. The maximum atomic E-state index is 4.55. The summed E-state index contributed by atoms with van der Waals surface area (Å²) in [5.74, 6) is 0. The molecule has 92 valence electrons. The Morgan fingerprint density at radius 1 is 1.39 bits per heavy atom. The lowest BCUT2D eigenvalue weighted by Gasteiger charge is -2.08. The highest BCUT2D eigenvalue weighted by Crippen LogP contribution is 2.20. The van der Waals surface area contributed by atoms with Crippen molar-refractivity contribution in [1.82, 2.24) is 9.38 Å². The van der Waals surface area contributed by atoms with E-state index in [0.29, 0.717) is 0 Å². The number of nitrogens with one attached hydrogen (secondary N) is 1. The van der Waals surface area contributed by atoms with Gasteiger partial charge in [0, 0.05) is 20.8 Å². The second-order valence-corrected chi connectivity index (χ2v) is 6.07. The van der Waals surface area contributed by atoms with E-state index in [2.05, 4.69) is 67.9 Å². The predicted octanol–water partition coefficient (Wildman–Crippen LogP) is 3.92. The van der Waals surface area contributed by atoms with Gasteiger partial charge >= 0.3 is 0 Å². The van der Waals surface area contributed by atoms with Crippen LogP contribution < -0.4 is 5.32 Å². The summed E-state index contributed by atoms with van der Waals surface area (Å²) >= 11 is 4.01. The van der Waals surface area contributed by atoms with Crippen LogP contribution in [0.15, 0.2) is 35.8 Å². The number of thiazole rings is 1. The van der Waals surface area contributed by atoms with Gasteiger partial charge in [-0.3, -0.25) is 4.40 Å². The number of aryl methyl sites for hydroxylation is 1. The van der Waals surface area contributed by atoms with Crippen LogP contribution in [-0.2, 0) is 6.54 Å². The Balaban J connectivity index is 1.87. The van der Waals surface area contributed by atoms with Gasteiger partial charge in [-0.05, 0) is 41.6 Å². The first-order valence-electron chi connectivity index (χ1n) is 5.65. The van der Waals surface area contributed by atoms with Gasteiger partial charge in [-0.2, -0.15) is 0 Å². The van der Waals surface area contributed by atoms with Crippen molar-refractivity contribution >= 4 is 44.6 Å². The number of fused-ring (bicyclic) bond motifs is 1. The van der Waals surface area contributed by atoms with Crippen LogP contribution in [0.25, 0.3) is 4.96 Å². The first kappa shape index (κ1) is 12.0. The standard InChI is InChI=1S/C13H12IN3S/c1-9-12(17-6-7-18-13(17)16-9)8-15-11-5-3-2-4-10(11)14/h2-7,15H,8H2,1H3. The van der Waals surface area contributed by atoms with Gasteiger partial charge in [0.15, 0.2) is 4.96 Å². The van der Waals surface area contributed by atoms with Crippen LogP contribution in [0, 0.1) is 10.5 Å². The van der Waals surface area contributed by atoms with Crippen molar-refractivity contribution in [2.45, 2.75) is 13.5 Å². The number of rotatable bonds is 3. The molecule has 3 rings (SSSR count). The van der Waals surface area contributed by atoms with Crippen molar-refractivity contribution in [2.75, 3.05) is 5.32 Å². The van der Waals surface area contributed by atoms with Gasteiger partial charge in [0.1, 0.15) is 0 Å². The molecule has 0 aliphatic rings. The summed E-state index contributed by atoms with van der Waals surface area (Å²) in [4.78, 5) is 5.61. The van der Waals surface area contributed by atoms with Crippen molar-refractivity contribution in [3.8, 4) is 0 Å². The molecule has 0 atom stereocenters. The predicted molar refractivity (Wildman–Crippen MR) is 84.3 cm³/mol. The molecule has 0 radical (unpaired) electrons. The van der Waals surface area contributed by atoms with Gasteiger partial charge in [-0.25, -0.2) is 4.98 Å². The Kier molecular flexibility index (Phi) is 3.25.